The van der Waals surface area contributed by atoms with Gasteiger partial charge in [0, 0.05) is 26.8 Å². The van der Waals surface area contributed by atoms with Gasteiger partial charge in [-0.2, -0.15) is 0 Å². The maximum Gasteiger partial charge on any atom is 0.240 e. The molecule has 5 nitrogen and oxygen atoms in total. The van der Waals surface area contributed by atoms with Crippen LogP contribution >= 0.6 is 0 Å². The number of sulfonamides is 1. The molecule has 0 saturated heterocycles. The third kappa shape index (κ3) is 4.86. The van der Waals surface area contributed by atoms with Crippen molar-refractivity contribution in [2.45, 2.75) is 25.3 Å². The number of hydrogen-bond acceptors (Lipinski definition) is 4. The lowest BCUT2D eigenvalue weighted by Gasteiger charge is -2.14. The highest BCUT2D eigenvalue weighted by Crippen LogP contribution is 2.17. The van der Waals surface area contributed by atoms with Crippen LogP contribution in [-0.4, -0.2) is 35.7 Å². The maximum absolute atomic E-state index is 12.3. The van der Waals surface area contributed by atoms with E-state index in [1.807, 2.05) is 26.1 Å². The lowest BCUT2D eigenvalue weighted by molar-refractivity contribution is 0.161. The second-order valence-corrected chi connectivity index (χ2v) is 6.78. The Hall–Kier alpha value is -0.950. The van der Waals surface area contributed by atoms with E-state index in [9.17, 15) is 8.42 Å². The van der Waals surface area contributed by atoms with Gasteiger partial charge in [-0.15, -0.1) is 0 Å². The largest absolute Gasteiger partial charge is 0.384 e. The molecule has 20 heavy (non-hydrogen) atoms. The number of hydrogen-bond donors (Lipinski definition) is 2. The fourth-order valence-corrected chi connectivity index (χ4v) is 3.38. The Balaban J connectivity index is 2.88. The number of rotatable bonds is 8. The lowest BCUT2D eigenvalue weighted by Crippen LogP contribution is -2.30. The molecule has 1 unspecified atom stereocenters. The van der Waals surface area contributed by atoms with Gasteiger partial charge in [0.25, 0.3) is 0 Å². The molecule has 0 radical (unpaired) electrons. The number of methoxy groups -OCH3 is 1. The third-order valence-corrected chi connectivity index (χ3v) is 4.56. The SMILES string of the molecule is CNCc1ccc(C)c(S(=O)(=O)NCC(C)COC)c1. The highest BCUT2D eigenvalue weighted by Gasteiger charge is 2.18. The molecule has 6 heteroatoms. The van der Waals surface area contributed by atoms with Gasteiger partial charge in [0.2, 0.25) is 10.0 Å². The van der Waals surface area contributed by atoms with Crippen LogP contribution < -0.4 is 10.0 Å². The summed E-state index contributed by atoms with van der Waals surface area (Å²) in [6.45, 7) is 5.28. The summed E-state index contributed by atoms with van der Waals surface area (Å²) in [7, 11) is -0.0389. The predicted octanol–water partition coefficient (Wildman–Crippen LogP) is 1.28. The van der Waals surface area contributed by atoms with Crippen LogP contribution in [0.15, 0.2) is 23.1 Å². The number of benzene rings is 1. The Bertz CT molecular complexity index is 529. The van der Waals surface area contributed by atoms with E-state index in [-0.39, 0.29) is 5.92 Å². The molecule has 0 fully saturated rings. The van der Waals surface area contributed by atoms with Crippen molar-refractivity contribution in [1.82, 2.24) is 10.0 Å². The zero-order chi connectivity index (χ0) is 15.2. The molecule has 1 aromatic rings. The van der Waals surface area contributed by atoms with Crippen molar-refractivity contribution in [3.05, 3.63) is 29.3 Å². The van der Waals surface area contributed by atoms with Gasteiger partial charge in [-0.1, -0.05) is 19.1 Å². The molecule has 114 valence electrons. The molecule has 0 saturated carbocycles. The van der Waals surface area contributed by atoms with E-state index in [2.05, 4.69) is 10.0 Å². The van der Waals surface area contributed by atoms with E-state index in [1.54, 1.807) is 20.1 Å². The van der Waals surface area contributed by atoms with Crippen molar-refractivity contribution in [3.63, 3.8) is 0 Å². The molecule has 0 aliphatic rings. The fraction of sp³-hybridized carbons (Fsp3) is 0.571. The minimum Gasteiger partial charge on any atom is -0.384 e. The van der Waals surface area contributed by atoms with Gasteiger partial charge in [-0.25, -0.2) is 13.1 Å². The molecule has 1 aromatic carbocycles. The first-order valence-corrected chi connectivity index (χ1v) is 8.11. The van der Waals surface area contributed by atoms with Crippen molar-refractivity contribution in [3.8, 4) is 0 Å². The summed E-state index contributed by atoms with van der Waals surface area (Å²) in [5, 5.41) is 3.02. The Kier molecular flexibility index (Phi) is 6.61. The van der Waals surface area contributed by atoms with Crippen molar-refractivity contribution in [2.75, 3.05) is 27.3 Å². The van der Waals surface area contributed by atoms with Gasteiger partial charge in [0.15, 0.2) is 0 Å². The molecule has 0 aliphatic heterocycles. The quantitative estimate of drug-likeness (QED) is 0.759. The van der Waals surface area contributed by atoms with Crippen LogP contribution in [-0.2, 0) is 21.3 Å². The molecule has 0 bridgehead atoms. The Labute approximate surface area is 121 Å². The van der Waals surface area contributed by atoms with Crippen LogP contribution in [0.4, 0.5) is 0 Å². The van der Waals surface area contributed by atoms with Crippen LogP contribution in [0.5, 0.6) is 0 Å². The normalized spacial score (nSPS) is 13.4. The topological polar surface area (TPSA) is 67.4 Å². The summed E-state index contributed by atoms with van der Waals surface area (Å²) >= 11 is 0. The second kappa shape index (κ2) is 7.73. The van der Waals surface area contributed by atoms with Crippen molar-refractivity contribution in [2.24, 2.45) is 5.92 Å². The van der Waals surface area contributed by atoms with Gasteiger partial charge in [-0.3, -0.25) is 0 Å². The molecule has 1 rings (SSSR count). The van der Waals surface area contributed by atoms with E-state index in [0.717, 1.165) is 11.1 Å². The molecule has 0 heterocycles. The summed E-state index contributed by atoms with van der Waals surface area (Å²) < 4.78 is 32.3. The third-order valence-electron chi connectivity index (χ3n) is 3.00. The smallest absolute Gasteiger partial charge is 0.240 e. The highest BCUT2D eigenvalue weighted by atomic mass is 32.2. The fourth-order valence-electron chi connectivity index (χ4n) is 1.92. The summed E-state index contributed by atoms with van der Waals surface area (Å²) in [5.74, 6) is 0.135. The maximum atomic E-state index is 12.3. The average Bonchev–Trinajstić information content (AvgIpc) is 2.39. The molecule has 0 amide bonds. The Morgan fingerprint density at radius 3 is 2.65 bits per heavy atom. The van der Waals surface area contributed by atoms with Gasteiger partial charge < -0.3 is 10.1 Å². The van der Waals surface area contributed by atoms with E-state index < -0.39 is 10.0 Å². The van der Waals surface area contributed by atoms with Crippen LogP contribution in [0.2, 0.25) is 0 Å². The molecule has 0 aliphatic carbocycles. The van der Waals surface area contributed by atoms with Gasteiger partial charge in [-0.05, 0) is 37.1 Å². The van der Waals surface area contributed by atoms with Gasteiger partial charge in [0.1, 0.15) is 0 Å². The van der Waals surface area contributed by atoms with Gasteiger partial charge in [0.05, 0.1) is 4.90 Å². The van der Waals surface area contributed by atoms with Crippen LogP contribution in [0.25, 0.3) is 0 Å². The Morgan fingerprint density at radius 2 is 2.05 bits per heavy atom. The monoisotopic (exact) mass is 300 g/mol. The number of nitrogens with one attached hydrogen (secondary N) is 2. The van der Waals surface area contributed by atoms with Crippen molar-refractivity contribution >= 4 is 10.0 Å². The highest BCUT2D eigenvalue weighted by molar-refractivity contribution is 7.89. The molecular weight excluding hydrogens is 276 g/mol. The first-order chi connectivity index (χ1) is 9.40. The standard InChI is InChI=1S/C14H24N2O3S/c1-11(10-19-4)8-16-20(17,18)14-7-13(9-15-3)6-5-12(14)2/h5-7,11,15-16H,8-10H2,1-4H3. The molecule has 2 N–H and O–H groups in total. The van der Waals surface area contributed by atoms with Gasteiger partial charge >= 0.3 is 0 Å². The first kappa shape index (κ1) is 17.1. The van der Waals surface area contributed by atoms with E-state index in [0.29, 0.717) is 24.6 Å². The zero-order valence-electron chi connectivity index (χ0n) is 12.6. The molecule has 0 spiro atoms. The number of aryl methyl sites for hydroxylation is 1. The summed E-state index contributed by atoms with van der Waals surface area (Å²) in [4.78, 5) is 0.342. The zero-order valence-corrected chi connectivity index (χ0v) is 13.4. The second-order valence-electron chi connectivity index (χ2n) is 5.04. The van der Waals surface area contributed by atoms with E-state index in [1.165, 1.54) is 0 Å². The molecule has 1 atom stereocenters. The minimum absolute atomic E-state index is 0.135. The molecule has 0 aromatic heterocycles. The van der Waals surface area contributed by atoms with E-state index >= 15 is 0 Å². The molecular formula is C14H24N2O3S. The average molecular weight is 300 g/mol. The number of ether oxygens (including phenoxy) is 1. The van der Waals surface area contributed by atoms with Crippen LogP contribution in [0.1, 0.15) is 18.1 Å². The van der Waals surface area contributed by atoms with Crippen molar-refractivity contribution < 1.29 is 13.2 Å². The lowest BCUT2D eigenvalue weighted by atomic mass is 10.1. The minimum atomic E-state index is -3.48. The summed E-state index contributed by atoms with van der Waals surface area (Å²) in [6, 6.07) is 5.48. The van der Waals surface area contributed by atoms with E-state index in [4.69, 9.17) is 4.74 Å². The summed E-state index contributed by atoms with van der Waals surface area (Å²) in [5.41, 5.74) is 1.69. The van der Waals surface area contributed by atoms with Crippen LogP contribution in [0, 0.1) is 12.8 Å². The van der Waals surface area contributed by atoms with Crippen molar-refractivity contribution in [1.29, 1.82) is 0 Å². The summed E-state index contributed by atoms with van der Waals surface area (Å²) in [6.07, 6.45) is 0. The first-order valence-electron chi connectivity index (χ1n) is 6.63. The predicted molar refractivity (Wildman–Crippen MR) is 80.2 cm³/mol. The van der Waals surface area contributed by atoms with Crippen LogP contribution in [0.3, 0.4) is 0 Å². The Morgan fingerprint density at radius 1 is 1.35 bits per heavy atom.